The predicted molar refractivity (Wildman–Crippen MR) is 164 cm³/mol. The highest BCUT2D eigenvalue weighted by atomic mass is 19.4. The fraction of sp³-hybridized carbons (Fsp3) is 0.286. The van der Waals surface area contributed by atoms with E-state index in [0.717, 1.165) is 17.1 Å². The molecule has 0 bridgehead atoms. The van der Waals surface area contributed by atoms with Gasteiger partial charge in [0.05, 0.1) is 0 Å². The molecule has 7 heteroatoms. The van der Waals surface area contributed by atoms with Gasteiger partial charge < -0.3 is 9.44 Å². The molecule has 0 atom stereocenters. The topological polar surface area (TPSA) is 12.2 Å². The first-order valence-corrected chi connectivity index (χ1v) is 14.3. The molecule has 3 heterocycles. The molecular weight excluding hydrogens is 537 g/mol. The van der Waals surface area contributed by atoms with Crippen LogP contribution >= 0.6 is 0 Å². The normalized spacial score (nSPS) is 16.2. The van der Waals surface area contributed by atoms with Crippen LogP contribution in [0.5, 0.6) is 0 Å². The second-order valence-corrected chi connectivity index (χ2v) is 11.2. The van der Waals surface area contributed by atoms with E-state index in [4.69, 9.17) is 4.74 Å². The van der Waals surface area contributed by atoms with Gasteiger partial charge in [-0.25, -0.2) is 4.58 Å². The molecule has 3 aromatic carbocycles. The molecule has 0 fully saturated rings. The molecule has 218 valence electrons. The van der Waals surface area contributed by atoms with E-state index in [9.17, 15) is 12.9 Å². The van der Waals surface area contributed by atoms with E-state index in [0.29, 0.717) is 0 Å². The minimum Gasteiger partial charge on any atom is -1.00 e. The summed E-state index contributed by atoms with van der Waals surface area (Å²) in [5.74, 6) is 1.77. The molecule has 0 aromatic heterocycles. The van der Waals surface area contributed by atoms with Crippen molar-refractivity contribution in [2.45, 2.75) is 53.4 Å². The zero-order valence-electron chi connectivity index (χ0n) is 24.6. The first-order valence-electron chi connectivity index (χ1n) is 14.3. The van der Waals surface area contributed by atoms with Crippen LogP contribution < -0.4 is 19.9 Å². The van der Waals surface area contributed by atoms with Gasteiger partial charge in [0.25, 0.3) is 0 Å². The van der Waals surface area contributed by atoms with Crippen LogP contribution in [-0.2, 0) is 17.6 Å². The number of halogens is 4. The molecule has 42 heavy (non-hydrogen) atoms. The van der Waals surface area contributed by atoms with Gasteiger partial charge in [-0.1, -0.05) is 36.4 Å². The quantitative estimate of drug-likeness (QED) is 0.262. The van der Waals surface area contributed by atoms with Crippen molar-refractivity contribution >= 4 is 25.0 Å². The van der Waals surface area contributed by atoms with E-state index in [-0.39, 0.29) is 4.70 Å². The molecule has 0 unspecified atom stereocenters. The third-order valence-electron chi connectivity index (χ3n) is 8.24. The molecule has 3 aliphatic heterocycles. The van der Waals surface area contributed by atoms with Crippen LogP contribution in [0.4, 0.5) is 12.9 Å². The highest BCUT2D eigenvalue weighted by Gasteiger charge is 2.23. The molecule has 3 aromatic rings. The molecule has 6 rings (SSSR count). The average Bonchev–Trinajstić information content (AvgIpc) is 2.95. The van der Waals surface area contributed by atoms with Crippen molar-refractivity contribution in [3.8, 4) is 0 Å². The van der Waals surface area contributed by atoms with E-state index < -0.39 is 7.54 Å². The number of benzene rings is 3. The van der Waals surface area contributed by atoms with Crippen LogP contribution in [0.3, 0.4) is 0 Å². The molecule has 0 aliphatic carbocycles. The average molecular weight is 573 g/mol. The van der Waals surface area contributed by atoms with Gasteiger partial charge in [-0.2, -0.15) is 0 Å². The van der Waals surface area contributed by atoms with Gasteiger partial charge in [-0.3, -0.25) is 12.9 Å². The molecule has 3 aliphatic rings. The first kappa shape index (κ1) is 31.1. The SMILES string of the molecule is Cc1ccc(C2=CC(=CC=c3cc4c5c(c3)CCC[N+]=5CCC4)OC(c3ccc(C)c(C)c3)=C2)cc1C.FB(F)F.[F-]. The second-order valence-electron chi connectivity index (χ2n) is 11.2. The third-order valence-corrected chi connectivity index (χ3v) is 8.24. The molecule has 2 nitrogen and oxygen atoms in total. The van der Waals surface area contributed by atoms with E-state index in [1.807, 2.05) is 0 Å². The maximum absolute atomic E-state index is 9.67. The van der Waals surface area contributed by atoms with Crippen LogP contribution in [0.15, 0.2) is 72.5 Å². The first-order chi connectivity index (χ1) is 19.7. The van der Waals surface area contributed by atoms with E-state index in [2.05, 4.69) is 105 Å². The van der Waals surface area contributed by atoms with Gasteiger partial charge in [0.2, 0.25) is 5.36 Å². The van der Waals surface area contributed by atoms with Crippen LogP contribution in [0.25, 0.3) is 17.4 Å². The Morgan fingerprint density at radius 2 is 1.26 bits per heavy atom. The van der Waals surface area contributed by atoms with Crippen molar-refractivity contribution < 1.29 is 22.4 Å². The van der Waals surface area contributed by atoms with Crippen LogP contribution in [0, 0.1) is 27.7 Å². The minimum absolute atomic E-state index is 0. The Balaban J connectivity index is 0.000000763. The summed E-state index contributed by atoms with van der Waals surface area (Å²) in [5.41, 5.74) is 11.7. The summed E-state index contributed by atoms with van der Waals surface area (Å²) < 4.78 is 38.1. The van der Waals surface area contributed by atoms with Crippen molar-refractivity contribution in [2.75, 3.05) is 13.1 Å². The smallest absolute Gasteiger partial charge is 0.762 e. The Hall–Kier alpha value is -3.87. The number of allylic oxidation sites excluding steroid dienone is 4. The van der Waals surface area contributed by atoms with E-state index >= 15 is 0 Å². The van der Waals surface area contributed by atoms with Gasteiger partial charge >= 0.3 is 7.54 Å². The number of aryl methyl sites for hydroxylation is 6. The number of hydrogen-bond acceptors (Lipinski definition) is 1. The predicted octanol–water partition coefficient (Wildman–Crippen LogP) is 4.01. The van der Waals surface area contributed by atoms with Gasteiger partial charge in [-0.15, -0.1) is 0 Å². The van der Waals surface area contributed by atoms with Gasteiger partial charge in [0, 0.05) is 29.5 Å². The third kappa shape index (κ3) is 7.12. The summed E-state index contributed by atoms with van der Waals surface area (Å²) in [4.78, 5) is 0. The van der Waals surface area contributed by atoms with Crippen molar-refractivity contribution in [1.82, 2.24) is 4.58 Å². The number of hydrogen-bond donors (Lipinski definition) is 0. The Bertz CT molecular complexity index is 1660. The molecule has 0 radical (unpaired) electrons. The lowest BCUT2D eigenvalue weighted by Gasteiger charge is -2.19. The molecule has 0 spiro atoms. The maximum Gasteiger partial charge on any atom is 0.762 e. The van der Waals surface area contributed by atoms with Crippen molar-refractivity contribution in [2.24, 2.45) is 0 Å². The zero-order valence-corrected chi connectivity index (χ0v) is 24.6. The largest absolute Gasteiger partial charge is 1.00 e. The monoisotopic (exact) mass is 573 g/mol. The lowest BCUT2D eigenvalue weighted by Crippen LogP contribution is -3.00. The molecule has 0 amide bonds. The summed E-state index contributed by atoms with van der Waals surface area (Å²) >= 11 is 0. The Morgan fingerprint density at radius 1 is 0.714 bits per heavy atom. The fourth-order valence-corrected chi connectivity index (χ4v) is 5.83. The Morgan fingerprint density at radius 3 is 1.83 bits per heavy atom. The number of ether oxygens (including phenoxy) is 1. The van der Waals surface area contributed by atoms with Gasteiger partial charge in [-0.05, 0) is 116 Å². The second kappa shape index (κ2) is 13.4. The van der Waals surface area contributed by atoms with Crippen LogP contribution in [0.1, 0.15) is 57.3 Å². The van der Waals surface area contributed by atoms with Crippen molar-refractivity contribution in [3.63, 3.8) is 0 Å². The summed E-state index contributed by atoms with van der Waals surface area (Å²) in [6, 6.07) is 18.1. The maximum atomic E-state index is 9.67. The van der Waals surface area contributed by atoms with Gasteiger partial charge in [0.1, 0.15) is 24.6 Å². The minimum atomic E-state index is -3.67. The van der Waals surface area contributed by atoms with Crippen LogP contribution in [-0.4, -0.2) is 20.6 Å². The zero-order chi connectivity index (χ0) is 29.1. The van der Waals surface area contributed by atoms with Gasteiger partial charge in [0.15, 0.2) is 0 Å². The lowest BCUT2D eigenvalue weighted by molar-refractivity contribution is -0.0000118. The summed E-state index contributed by atoms with van der Waals surface area (Å²) in [7, 11) is -3.67. The highest BCUT2D eigenvalue weighted by molar-refractivity contribution is 6.33. The number of nitrogens with zero attached hydrogens (tertiary/aromatic N) is 1. The highest BCUT2D eigenvalue weighted by Crippen LogP contribution is 2.33. The molecule has 0 saturated heterocycles. The molecule has 0 saturated carbocycles. The molecular formula is C35H36BF4NO. The van der Waals surface area contributed by atoms with Crippen LogP contribution in [0.2, 0.25) is 0 Å². The standard InChI is InChI=1S/C35H36NO.BF3.FH/c1-23-9-12-28(17-25(23)3)32-21-33(37-34(22-32)29-13-10-24(2)26(4)18-29)14-11-27-19-30-7-5-15-36-16-6-8-31(20-27)35(30)36;2-1(3)4;/h9-14,17-22H,5-8,15-16H2,1-4H3;;1H/q+1;;/p-1. The Kier molecular flexibility index (Phi) is 9.92. The molecule has 0 N–H and O–H groups in total. The Labute approximate surface area is 245 Å². The summed E-state index contributed by atoms with van der Waals surface area (Å²) in [5, 5.41) is 2.80. The summed E-state index contributed by atoms with van der Waals surface area (Å²) in [6.45, 7) is 11.1. The fourth-order valence-electron chi connectivity index (χ4n) is 5.83. The number of rotatable bonds is 3. The van der Waals surface area contributed by atoms with Crippen molar-refractivity contribution in [3.05, 3.63) is 128 Å². The van der Waals surface area contributed by atoms with E-state index in [1.54, 1.807) is 0 Å². The van der Waals surface area contributed by atoms with Crippen molar-refractivity contribution in [1.29, 1.82) is 0 Å². The van der Waals surface area contributed by atoms with E-state index in [1.165, 1.54) is 93.9 Å². The summed E-state index contributed by atoms with van der Waals surface area (Å²) in [6.07, 6.45) is 13.6. The lowest BCUT2D eigenvalue weighted by atomic mass is 9.95.